The summed E-state index contributed by atoms with van der Waals surface area (Å²) in [5, 5.41) is 5.95. The third-order valence-electron chi connectivity index (χ3n) is 5.27. The van der Waals surface area contributed by atoms with Crippen molar-refractivity contribution < 1.29 is 0 Å². The highest BCUT2D eigenvalue weighted by Crippen LogP contribution is 2.13. The zero-order valence-electron chi connectivity index (χ0n) is 17.9. The molecule has 0 saturated carbocycles. The number of unbranched alkanes of at least 4 members (excludes halogenated alkanes) is 8. The van der Waals surface area contributed by atoms with Crippen molar-refractivity contribution in [3.8, 4) is 0 Å². The number of nitrogens with one attached hydrogen (secondary N) is 2. The van der Waals surface area contributed by atoms with Crippen LogP contribution in [-0.4, -0.2) is 38.1 Å². The van der Waals surface area contributed by atoms with Crippen LogP contribution in [0, 0.1) is 0 Å². The van der Waals surface area contributed by atoms with Crippen molar-refractivity contribution in [1.82, 2.24) is 4.90 Å². The van der Waals surface area contributed by atoms with Crippen LogP contribution in [0.4, 0.5) is 11.4 Å². The third kappa shape index (κ3) is 8.91. The van der Waals surface area contributed by atoms with Crippen LogP contribution in [-0.2, 0) is 0 Å². The van der Waals surface area contributed by atoms with Gasteiger partial charge in [0.1, 0.15) is 11.4 Å². The summed E-state index contributed by atoms with van der Waals surface area (Å²) in [6.45, 7) is 8.66. The summed E-state index contributed by atoms with van der Waals surface area (Å²) < 4.78 is 0. The molecule has 5 heteroatoms. The Kier molecular flexibility index (Phi) is 12.9. The zero-order chi connectivity index (χ0) is 19.9. The molecule has 0 radical (unpaired) electrons. The molecule has 156 valence electrons. The minimum Gasteiger partial charge on any atom is -0.383 e. The van der Waals surface area contributed by atoms with Gasteiger partial charge < -0.3 is 15.5 Å². The molecule has 1 aromatic rings. The summed E-state index contributed by atoms with van der Waals surface area (Å²) in [6, 6.07) is 0. The first-order chi connectivity index (χ1) is 13.2. The molecule has 0 spiro atoms. The molecular weight excluding hydrogens is 338 g/mol. The molecule has 0 fully saturated rings. The predicted molar refractivity (Wildman–Crippen MR) is 118 cm³/mol. The van der Waals surface area contributed by atoms with E-state index in [2.05, 4.69) is 29.4 Å². The van der Waals surface area contributed by atoms with E-state index in [0.29, 0.717) is 11.4 Å². The second-order valence-electron chi connectivity index (χ2n) is 7.61. The molecule has 0 aromatic heterocycles. The van der Waals surface area contributed by atoms with Crippen molar-refractivity contribution in [2.24, 2.45) is 0 Å². The SMILES string of the molecule is CCCCCCCCN(CCCCCC)CCCNc1c(NC)c(=O)c1=O. The molecule has 0 aliphatic rings. The molecule has 0 heterocycles. The van der Waals surface area contributed by atoms with Gasteiger partial charge in [-0.1, -0.05) is 65.2 Å². The highest BCUT2D eigenvalue weighted by Gasteiger charge is 2.18. The van der Waals surface area contributed by atoms with Crippen LogP contribution in [0.1, 0.15) is 84.5 Å². The van der Waals surface area contributed by atoms with Gasteiger partial charge in [-0.15, -0.1) is 0 Å². The van der Waals surface area contributed by atoms with E-state index < -0.39 is 5.43 Å². The largest absolute Gasteiger partial charge is 0.383 e. The Balaban J connectivity index is 2.28. The molecule has 27 heavy (non-hydrogen) atoms. The summed E-state index contributed by atoms with van der Waals surface area (Å²) in [5.41, 5.74) is 0.111. The van der Waals surface area contributed by atoms with E-state index in [-0.39, 0.29) is 5.43 Å². The Bertz CT molecular complexity index is 564. The molecule has 0 saturated heterocycles. The lowest BCUT2D eigenvalue weighted by Gasteiger charge is -2.23. The maximum absolute atomic E-state index is 11.6. The topological polar surface area (TPSA) is 61.4 Å². The zero-order valence-corrected chi connectivity index (χ0v) is 17.9. The number of anilines is 2. The van der Waals surface area contributed by atoms with Gasteiger partial charge in [0, 0.05) is 13.6 Å². The van der Waals surface area contributed by atoms with E-state index in [1.165, 1.54) is 77.3 Å². The fourth-order valence-corrected chi connectivity index (χ4v) is 3.53. The first-order valence-corrected chi connectivity index (χ1v) is 11.1. The van der Waals surface area contributed by atoms with E-state index in [1.807, 2.05) is 0 Å². The van der Waals surface area contributed by atoms with Crippen LogP contribution in [0.5, 0.6) is 0 Å². The molecule has 0 bridgehead atoms. The van der Waals surface area contributed by atoms with Crippen LogP contribution in [0.25, 0.3) is 0 Å². The standard InChI is InChI=1S/C22H41N3O2/c1-4-6-8-10-11-13-17-25(16-12-9-7-5-2)18-14-15-24-20-19(23-3)21(26)22(20)27/h23-24H,4-18H2,1-3H3. The lowest BCUT2D eigenvalue weighted by molar-refractivity contribution is 0.259. The Hall–Kier alpha value is -1.36. The molecule has 0 aliphatic carbocycles. The van der Waals surface area contributed by atoms with E-state index in [9.17, 15) is 9.59 Å². The van der Waals surface area contributed by atoms with Gasteiger partial charge in [-0.3, -0.25) is 9.59 Å². The summed E-state index contributed by atoms with van der Waals surface area (Å²) in [7, 11) is 1.68. The van der Waals surface area contributed by atoms with Gasteiger partial charge in [-0.2, -0.15) is 0 Å². The van der Waals surface area contributed by atoms with E-state index in [4.69, 9.17) is 0 Å². The van der Waals surface area contributed by atoms with Crippen molar-refractivity contribution in [3.63, 3.8) is 0 Å². The number of hydrogen-bond acceptors (Lipinski definition) is 5. The number of nitrogens with zero attached hydrogens (tertiary/aromatic N) is 1. The lowest BCUT2D eigenvalue weighted by Crippen LogP contribution is -2.37. The second kappa shape index (κ2) is 14.7. The molecule has 0 atom stereocenters. The summed E-state index contributed by atoms with van der Waals surface area (Å²) in [4.78, 5) is 25.6. The van der Waals surface area contributed by atoms with E-state index in [1.54, 1.807) is 7.05 Å². The van der Waals surface area contributed by atoms with Crippen molar-refractivity contribution >= 4 is 11.4 Å². The Morgan fingerprint density at radius 3 is 1.74 bits per heavy atom. The van der Waals surface area contributed by atoms with Crippen molar-refractivity contribution in [1.29, 1.82) is 0 Å². The van der Waals surface area contributed by atoms with Crippen molar-refractivity contribution in [2.75, 3.05) is 43.9 Å². The molecule has 5 nitrogen and oxygen atoms in total. The Labute approximate surface area is 165 Å². The monoisotopic (exact) mass is 379 g/mol. The minimum atomic E-state index is -0.402. The van der Waals surface area contributed by atoms with Crippen LogP contribution >= 0.6 is 0 Å². The van der Waals surface area contributed by atoms with Crippen LogP contribution in [0.3, 0.4) is 0 Å². The van der Waals surface area contributed by atoms with Gasteiger partial charge in [0.2, 0.25) is 0 Å². The van der Waals surface area contributed by atoms with Crippen molar-refractivity contribution in [2.45, 2.75) is 84.5 Å². The van der Waals surface area contributed by atoms with Gasteiger partial charge in [-0.25, -0.2) is 0 Å². The molecule has 0 amide bonds. The molecule has 1 rings (SSSR count). The van der Waals surface area contributed by atoms with Crippen LogP contribution < -0.4 is 21.5 Å². The second-order valence-corrected chi connectivity index (χ2v) is 7.61. The Morgan fingerprint density at radius 1 is 0.667 bits per heavy atom. The fourth-order valence-electron chi connectivity index (χ4n) is 3.53. The summed E-state index contributed by atoms with van der Waals surface area (Å²) in [5.74, 6) is 0. The molecule has 0 unspecified atom stereocenters. The van der Waals surface area contributed by atoms with Gasteiger partial charge in [-0.05, 0) is 38.9 Å². The first kappa shape index (κ1) is 23.7. The highest BCUT2D eigenvalue weighted by molar-refractivity contribution is 5.73. The smallest absolute Gasteiger partial charge is 0.253 e. The normalized spacial score (nSPS) is 11.4. The predicted octanol–water partition coefficient (Wildman–Crippen LogP) is 4.37. The van der Waals surface area contributed by atoms with Crippen LogP contribution in [0.15, 0.2) is 9.59 Å². The maximum atomic E-state index is 11.6. The quantitative estimate of drug-likeness (QED) is 0.293. The van der Waals surface area contributed by atoms with Gasteiger partial charge in [0.05, 0.1) is 0 Å². The van der Waals surface area contributed by atoms with Gasteiger partial charge >= 0.3 is 0 Å². The molecule has 0 aliphatic heterocycles. The lowest BCUT2D eigenvalue weighted by atomic mass is 10.1. The average Bonchev–Trinajstić information content (AvgIpc) is 2.68. The number of hydrogen-bond donors (Lipinski definition) is 2. The van der Waals surface area contributed by atoms with E-state index in [0.717, 1.165) is 19.5 Å². The van der Waals surface area contributed by atoms with Crippen molar-refractivity contribution in [3.05, 3.63) is 20.4 Å². The molecular formula is C22H41N3O2. The van der Waals surface area contributed by atoms with Gasteiger partial charge in [0.25, 0.3) is 10.9 Å². The number of rotatable bonds is 18. The average molecular weight is 380 g/mol. The maximum Gasteiger partial charge on any atom is 0.253 e. The minimum absolute atomic E-state index is 0.386. The molecule has 1 aromatic carbocycles. The Morgan fingerprint density at radius 2 is 1.15 bits per heavy atom. The van der Waals surface area contributed by atoms with Gasteiger partial charge in [0.15, 0.2) is 0 Å². The fraction of sp³-hybridized carbons (Fsp3) is 0.818. The summed E-state index contributed by atoms with van der Waals surface area (Å²) >= 11 is 0. The van der Waals surface area contributed by atoms with E-state index >= 15 is 0 Å². The third-order valence-corrected chi connectivity index (χ3v) is 5.27. The summed E-state index contributed by atoms with van der Waals surface area (Å²) in [6.07, 6.45) is 14.2. The highest BCUT2D eigenvalue weighted by atomic mass is 16.2. The first-order valence-electron chi connectivity index (χ1n) is 11.1. The molecule has 2 N–H and O–H groups in total. The van der Waals surface area contributed by atoms with Crippen LogP contribution in [0.2, 0.25) is 0 Å².